The van der Waals surface area contributed by atoms with Gasteiger partial charge in [0.25, 0.3) is 0 Å². The summed E-state index contributed by atoms with van der Waals surface area (Å²) in [6.45, 7) is 1.80. The van der Waals surface area contributed by atoms with E-state index in [0.717, 1.165) is 11.3 Å². The summed E-state index contributed by atoms with van der Waals surface area (Å²) in [5.74, 6) is 0.682. The van der Waals surface area contributed by atoms with Gasteiger partial charge < -0.3 is 18.9 Å². The number of amides is 1. The predicted octanol–water partition coefficient (Wildman–Crippen LogP) is 2.06. The molecular formula is C21H25N3O4. The molecule has 0 aliphatic carbocycles. The minimum Gasteiger partial charge on any atom is -0.496 e. The highest BCUT2D eigenvalue weighted by molar-refractivity contribution is 5.82. The molecule has 1 unspecified atom stereocenters. The largest absolute Gasteiger partial charge is 0.496 e. The lowest BCUT2D eigenvalue weighted by molar-refractivity contribution is -0.152. The zero-order chi connectivity index (χ0) is 19.6. The van der Waals surface area contributed by atoms with E-state index in [1.54, 1.807) is 19.6 Å². The van der Waals surface area contributed by atoms with Gasteiger partial charge in [0.15, 0.2) is 0 Å². The number of piperidine rings is 1. The molecule has 0 bridgehead atoms. The van der Waals surface area contributed by atoms with Crippen LogP contribution in [0.1, 0.15) is 24.8 Å². The molecule has 0 saturated carbocycles. The van der Waals surface area contributed by atoms with Crippen molar-refractivity contribution in [2.24, 2.45) is 5.41 Å². The van der Waals surface area contributed by atoms with Crippen molar-refractivity contribution in [1.82, 2.24) is 14.5 Å². The molecule has 1 aromatic carbocycles. The van der Waals surface area contributed by atoms with E-state index in [1.165, 1.54) is 0 Å². The van der Waals surface area contributed by atoms with Gasteiger partial charge in [0.1, 0.15) is 11.9 Å². The van der Waals surface area contributed by atoms with Crippen molar-refractivity contribution in [3.05, 3.63) is 48.5 Å². The number of carbonyl (C=O) groups is 2. The van der Waals surface area contributed by atoms with Crippen molar-refractivity contribution in [1.29, 1.82) is 0 Å². The zero-order valence-corrected chi connectivity index (χ0v) is 16.0. The first kappa shape index (κ1) is 18.5. The molecule has 2 saturated heterocycles. The Morgan fingerprint density at radius 2 is 2.11 bits per heavy atom. The van der Waals surface area contributed by atoms with Gasteiger partial charge in [0.05, 0.1) is 31.8 Å². The molecule has 0 radical (unpaired) electrons. The summed E-state index contributed by atoms with van der Waals surface area (Å²) in [6, 6.07) is 7.58. The van der Waals surface area contributed by atoms with Crippen LogP contribution in [0, 0.1) is 5.41 Å². The molecular weight excluding hydrogens is 358 g/mol. The van der Waals surface area contributed by atoms with Crippen LogP contribution in [-0.4, -0.2) is 52.6 Å². The average Bonchev–Trinajstić information content (AvgIpc) is 3.31. The number of benzene rings is 1. The molecule has 2 aliphatic heterocycles. The topological polar surface area (TPSA) is 73.7 Å². The quantitative estimate of drug-likeness (QED) is 0.739. The average molecular weight is 383 g/mol. The third-order valence-electron chi connectivity index (χ3n) is 5.91. The van der Waals surface area contributed by atoms with E-state index in [0.29, 0.717) is 45.3 Å². The van der Waals surface area contributed by atoms with E-state index >= 15 is 0 Å². The first-order chi connectivity index (χ1) is 13.6. The van der Waals surface area contributed by atoms with Crippen LogP contribution in [0.5, 0.6) is 5.75 Å². The van der Waals surface area contributed by atoms with Gasteiger partial charge in [0, 0.05) is 37.5 Å². The standard InChI is InChI=1S/C21H25N3O4/c1-27-18-5-3-2-4-16(18)12-19(25)24-9-6-21(7-10-24)13-17(28-20(21)26)14-23-11-8-22-15-23/h2-5,8,11,15,17H,6-7,9-10,12-14H2,1H3. The van der Waals surface area contributed by atoms with Crippen LogP contribution >= 0.6 is 0 Å². The second-order valence-corrected chi connectivity index (χ2v) is 7.64. The van der Waals surface area contributed by atoms with Crippen LogP contribution in [-0.2, 0) is 27.3 Å². The third kappa shape index (κ3) is 3.61. The molecule has 2 fully saturated rings. The molecule has 4 rings (SSSR count). The summed E-state index contributed by atoms with van der Waals surface area (Å²) in [6.07, 6.45) is 7.53. The molecule has 1 aromatic heterocycles. The number of hydrogen-bond donors (Lipinski definition) is 0. The van der Waals surface area contributed by atoms with E-state index in [1.807, 2.05) is 39.9 Å². The number of nitrogens with zero attached hydrogens (tertiary/aromatic N) is 3. The van der Waals surface area contributed by atoms with Crippen molar-refractivity contribution in [2.45, 2.75) is 38.3 Å². The number of esters is 1. The highest BCUT2D eigenvalue weighted by Crippen LogP contribution is 2.43. The van der Waals surface area contributed by atoms with Crippen molar-refractivity contribution in [2.75, 3.05) is 20.2 Å². The van der Waals surface area contributed by atoms with Gasteiger partial charge in [-0.1, -0.05) is 18.2 Å². The van der Waals surface area contributed by atoms with Gasteiger partial charge >= 0.3 is 5.97 Å². The molecule has 7 nitrogen and oxygen atoms in total. The maximum Gasteiger partial charge on any atom is 0.312 e. The van der Waals surface area contributed by atoms with Crippen LogP contribution in [0.25, 0.3) is 0 Å². The number of aromatic nitrogens is 2. The minimum absolute atomic E-state index is 0.0701. The number of hydrogen-bond acceptors (Lipinski definition) is 5. The van der Waals surface area contributed by atoms with Crippen LogP contribution < -0.4 is 4.74 Å². The van der Waals surface area contributed by atoms with Crippen LogP contribution in [0.3, 0.4) is 0 Å². The normalized spacial score (nSPS) is 21.0. The van der Waals surface area contributed by atoms with Crippen molar-refractivity contribution >= 4 is 11.9 Å². The number of carbonyl (C=O) groups excluding carboxylic acids is 2. The monoisotopic (exact) mass is 383 g/mol. The number of cyclic esters (lactones) is 1. The lowest BCUT2D eigenvalue weighted by atomic mass is 9.76. The first-order valence-electron chi connectivity index (χ1n) is 9.66. The molecule has 7 heteroatoms. The summed E-state index contributed by atoms with van der Waals surface area (Å²) in [7, 11) is 1.61. The number of para-hydroxylation sites is 1. The molecule has 0 N–H and O–H groups in total. The van der Waals surface area contributed by atoms with E-state index < -0.39 is 5.41 Å². The van der Waals surface area contributed by atoms with E-state index in [-0.39, 0.29) is 18.0 Å². The first-order valence-corrected chi connectivity index (χ1v) is 9.66. The highest BCUT2D eigenvalue weighted by atomic mass is 16.6. The molecule has 1 atom stereocenters. The van der Waals surface area contributed by atoms with E-state index in [4.69, 9.17) is 9.47 Å². The second-order valence-electron chi connectivity index (χ2n) is 7.64. The number of methoxy groups -OCH3 is 1. The van der Waals surface area contributed by atoms with Crippen molar-refractivity contribution in [3.8, 4) is 5.75 Å². The summed E-state index contributed by atoms with van der Waals surface area (Å²) >= 11 is 0. The predicted molar refractivity (Wildman–Crippen MR) is 102 cm³/mol. The molecule has 3 heterocycles. The Morgan fingerprint density at radius 1 is 1.32 bits per heavy atom. The van der Waals surface area contributed by atoms with Gasteiger partial charge in [-0.25, -0.2) is 4.98 Å². The molecule has 1 amide bonds. The third-order valence-corrected chi connectivity index (χ3v) is 5.91. The maximum atomic E-state index is 12.7. The highest BCUT2D eigenvalue weighted by Gasteiger charge is 2.50. The van der Waals surface area contributed by atoms with Gasteiger partial charge in [0.2, 0.25) is 5.91 Å². The van der Waals surface area contributed by atoms with Gasteiger partial charge in [-0.05, 0) is 18.9 Å². The fraction of sp³-hybridized carbons (Fsp3) is 0.476. The molecule has 1 spiro atoms. The van der Waals surface area contributed by atoms with Crippen molar-refractivity contribution in [3.63, 3.8) is 0 Å². The molecule has 2 aliphatic rings. The summed E-state index contributed by atoms with van der Waals surface area (Å²) < 4.78 is 12.9. The number of rotatable bonds is 5. The van der Waals surface area contributed by atoms with Crippen LogP contribution in [0.2, 0.25) is 0 Å². The summed E-state index contributed by atoms with van der Waals surface area (Å²) in [4.78, 5) is 31.2. The SMILES string of the molecule is COc1ccccc1CC(=O)N1CCC2(CC1)CC(Cn1ccnc1)OC2=O. The fourth-order valence-corrected chi connectivity index (χ4v) is 4.29. The number of ether oxygens (including phenoxy) is 2. The number of imidazole rings is 1. The molecule has 28 heavy (non-hydrogen) atoms. The summed E-state index contributed by atoms with van der Waals surface area (Å²) in [5.41, 5.74) is 0.433. The van der Waals surface area contributed by atoms with E-state index in [2.05, 4.69) is 4.98 Å². The Labute approximate surface area is 164 Å². The molecule has 2 aromatic rings. The zero-order valence-electron chi connectivity index (χ0n) is 16.0. The Hall–Kier alpha value is -2.83. The van der Waals surface area contributed by atoms with Crippen LogP contribution in [0.4, 0.5) is 0 Å². The Morgan fingerprint density at radius 3 is 2.82 bits per heavy atom. The van der Waals surface area contributed by atoms with Gasteiger partial charge in [-0.2, -0.15) is 0 Å². The lowest BCUT2D eigenvalue weighted by Gasteiger charge is -2.36. The van der Waals surface area contributed by atoms with Crippen molar-refractivity contribution < 1.29 is 19.1 Å². The Kier molecular flexibility index (Phi) is 5.07. The van der Waals surface area contributed by atoms with Gasteiger partial charge in [-0.15, -0.1) is 0 Å². The van der Waals surface area contributed by atoms with E-state index in [9.17, 15) is 9.59 Å². The second kappa shape index (κ2) is 7.66. The lowest BCUT2D eigenvalue weighted by Crippen LogP contribution is -2.45. The maximum absolute atomic E-state index is 12.7. The number of likely N-dealkylation sites (tertiary alicyclic amines) is 1. The van der Waals surface area contributed by atoms with Crippen LogP contribution in [0.15, 0.2) is 43.0 Å². The Bertz CT molecular complexity index is 841. The smallest absolute Gasteiger partial charge is 0.312 e. The molecule has 148 valence electrons. The van der Waals surface area contributed by atoms with Gasteiger partial charge in [-0.3, -0.25) is 9.59 Å². The Balaban J connectivity index is 1.35. The fourth-order valence-electron chi connectivity index (χ4n) is 4.29. The minimum atomic E-state index is -0.452. The summed E-state index contributed by atoms with van der Waals surface area (Å²) in [5, 5.41) is 0.